The fourth-order valence-electron chi connectivity index (χ4n) is 2.35. The molecule has 0 aromatic heterocycles. The Hall–Kier alpha value is -1.94. The Bertz CT molecular complexity index is 581. The average molecular weight is 261 g/mol. The van der Waals surface area contributed by atoms with Crippen molar-refractivity contribution in [1.29, 1.82) is 0 Å². The maximum absolute atomic E-state index is 5.66. The summed E-state index contributed by atoms with van der Waals surface area (Å²) in [5.74, 6) is 2.38. The highest BCUT2D eigenvalue weighted by atomic mass is 16.5. The molecule has 102 valence electrons. The van der Waals surface area contributed by atoms with Crippen LogP contribution in [0.3, 0.4) is 0 Å². The molecular formula is C15H19NO3. The maximum Gasteiger partial charge on any atom is 0.133 e. The topological polar surface area (TPSA) is 53.7 Å². The summed E-state index contributed by atoms with van der Waals surface area (Å²) in [6.45, 7) is 0.556. The highest BCUT2D eigenvalue weighted by molar-refractivity contribution is 5.99. The van der Waals surface area contributed by atoms with Crippen molar-refractivity contribution in [2.45, 2.75) is 6.42 Å². The predicted octanol–water partition coefficient (Wildman–Crippen LogP) is 2.37. The van der Waals surface area contributed by atoms with Crippen LogP contribution in [0.25, 0.3) is 10.8 Å². The fraction of sp³-hybridized carbons (Fsp3) is 0.333. The number of benzene rings is 2. The summed E-state index contributed by atoms with van der Waals surface area (Å²) in [5.41, 5.74) is 6.69. The molecule has 0 radical (unpaired) electrons. The number of nitrogens with two attached hydrogens (primary N) is 1. The Labute approximate surface area is 113 Å². The molecule has 2 N–H and O–H groups in total. The summed E-state index contributed by atoms with van der Waals surface area (Å²) in [7, 11) is 4.97. The van der Waals surface area contributed by atoms with Crippen molar-refractivity contribution in [3.05, 3.63) is 29.8 Å². The van der Waals surface area contributed by atoms with E-state index in [-0.39, 0.29) is 0 Å². The Morgan fingerprint density at radius 3 is 2.32 bits per heavy atom. The van der Waals surface area contributed by atoms with Crippen LogP contribution < -0.4 is 19.9 Å². The van der Waals surface area contributed by atoms with Gasteiger partial charge in [-0.1, -0.05) is 12.1 Å². The first-order valence-corrected chi connectivity index (χ1v) is 6.17. The van der Waals surface area contributed by atoms with E-state index in [4.69, 9.17) is 19.9 Å². The molecule has 0 aliphatic rings. The third-order valence-electron chi connectivity index (χ3n) is 3.17. The Kier molecular flexibility index (Phi) is 4.12. The van der Waals surface area contributed by atoms with Gasteiger partial charge in [-0.25, -0.2) is 0 Å². The van der Waals surface area contributed by atoms with Crippen LogP contribution in [-0.2, 0) is 6.42 Å². The molecule has 0 unspecified atom stereocenters. The van der Waals surface area contributed by atoms with E-state index >= 15 is 0 Å². The third kappa shape index (κ3) is 2.31. The number of rotatable bonds is 5. The van der Waals surface area contributed by atoms with Gasteiger partial charge >= 0.3 is 0 Å². The van der Waals surface area contributed by atoms with Gasteiger partial charge in [0.25, 0.3) is 0 Å². The van der Waals surface area contributed by atoms with E-state index in [1.165, 1.54) is 0 Å². The first kappa shape index (κ1) is 13.5. The van der Waals surface area contributed by atoms with Crippen LogP contribution in [0.5, 0.6) is 17.2 Å². The van der Waals surface area contributed by atoms with Crippen molar-refractivity contribution < 1.29 is 14.2 Å². The van der Waals surface area contributed by atoms with Gasteiger partial charge in [-0.05, 0) is 30.7 Å². The molecule has 0 aliphatic heterocycles. The lowest BCUT2D eigenvalue weighted by Gasteiger charge is -2.16. The van der Waals surface area contributed by atoms with Crippen LogP contribution in [0.4, 0.5) is 0 Å². The quantitative estimate of drug-likeness (QED) is 0.897. The minimum absolute atomic E-state index is 0.556. The van der Waals surface area contributed by atoms with Crippen LogP contribution in [0.2, 0.25) is 0 Å². The minimum atomic E-state index is 0.556. The summed E-state index contributed by atoms with van der Waals surface area (Å²) in [6.07, 6.45) is 0.730. The van der Waals surface area contributed by atoms with E-state index < -0.39 is 0 Å². The zero-order chi connectivity index (χ0) is 13.8. The molecule has 0 bridgehead atoms. The van der Waals surface area contributed by atoms with Crippen molar-refractivity contribution in [2.75, 3.05) is 27.9 Å². The van der Waals surface area contributed by atoms with Gasteiger partial charge in [0, 0.05) is 5.39 Å². The summed E-state index contributed by atoms with van der Waals surface area (Å²) in [5, 5.41) is 1.90. The van der Waals surface area contributed by atoms with Gasteiger partial charge in [-0.15, -0.1) is 0 Å². The van der Waals surface area contributed by atoms with E-state index in [0.29, 0.717) is 6.54 Å². The van der Waals surface area contributed by atoms with Gasteiger partial charge in [0.2, 0.25) is 0 Å². The van der Waals surface area contributed by atoms with Crippen LogP contribution >= 0.6 is 0 Å². The smallest absolute Gasteiger partial charge is 0.133 e. The zero-order valence-corrected chi connectivity index (χ0v) is 11.5. The molecule has 19 heavy (non-hydrogen) atoms. The second-order valence-corrected chi connectivity index (χ2v) is 4.19. The lowest BCUT2D eigenvalue weighted by atomic mass is 10.0. The van der Waals surface area contributed by atoms with E-state index in [0.717, 1.165) is 40.0 Å². The molecule has 0 amide bonds. The summed E-state index contributed by atoms with van der Waals surface area (Å²) < 4.78 is 16.5. The van der Waals surface area contributed by atoms with Crippen molar-refractivity contribution >= 4 is 10.8 Å². The van der Waals surface area contributed by atoms with Crippen molar-refractivity contribution in [3.8, 4) is 17.2 Å². The van der Waals surface area contributed by atoms with E-state index in [9.17, 15) is 0 Å². The fourth-order valence-corrected chi connectivity index (χ4v) is 2.35. The summed E-state index contributed by atoms with van der Waals surface area (Å²) in [6, 6.07) is 7.82. The number of methoxy groups -OCH3 is 3. The van der Waals surface area contributed by atoms with Crippen LogP contribution in [0.15, 0.2) is 24.3 Å². The number of fused-ring (bicyclic) bond motifs is 1. The summed E-state index contributed by atoms with van der Waals surface area (Å²) in [4.78, 5) is 0. The first-order chi connectivity index (χ1) is 9.26. The number of hydrogen-bond acceptors (Lipinski definition) is 4. The first-order valence-electron chi connectivity index (χ1n) is 6.17. The average Bonchev–Trinajstić information content (AvgIpc) is 2.46. The lowest BCUT2D eigenvalue weighted by Crippen LogP contribution is -2.05. The molecule has 4 heteroatoms. The maximum atomic E-state index is 5.66. The Balaban J connectivity index is 2.84. The van der Waals surface area contributed by atoms with Gasteiger partial charge in [0.15, 0.2) is 0 Å². The molecule has 0 saturated carbocycles. The van der Waals surface area contributed by atoms with Crippen molar-refractivity contribution in [3.63, 3.8) is 0 Å². The monoisotopic (exact) mass is 261 g/mol. The molecule has 2 aromatic carbocycles. The molecule has 2 aromatic rings. The second-order valence-electron chi connectivity index (χ2n) is 4.19. The Morgan fingerprint density at radius 2 is 1.74 bits per heavy atom. The highest BCUT2D eigenvalue weighted by Crippen LogP contribution is 2.41. The highest BCUT2D eigenvalue weighted by Gasteiger charge is 2.16. The lowest BCUT2D eigenvalue weighted by molar-refractivity contribution is 0.397. The van der Waals surface area contributed by atoms with Gasteiger partial charge in [-0.3, -0.25) is 0 Å². The predicted molar refractivity (Wildman–Crippen MR) is 76.4 cm³/mol. The van der Waals surface area contributed by atoms with E-state index in [1.807, 2.05) is 24.3 Å². The van der Waals surface area contributed by atoms with E-state index in [1.54, 1.807) is 21.3 Å². The normalized spacial score (nSPS) is 10.5. The van der Waals surface area contributed by atoms with E-state index in [2.05, 4.69) is 0 Å². The number of ether oxygens (including phenoxy) is 3. The molecule has 0 saturated heterocycles. The van der Waals surface area contributed by atoms with Crippen molar-refractivity contribution in [1.82, 2.24) is 0 Å². The van der Waals surface area contributed by atoms with Crippen LogP contribution in [0.1, 0.15) is 5.56 Å². The molecule has 0 atom stereocenters. The second kappa shape index (κ2) is 5.80. The molecule has 0 fully saturated rings. The molecule has 0 spiro atoms. The van der Waals surface area contributed by atoms with Crippen LogP contribution in [-0.4, -0.2) is 27.9 Å². The zero-order valence-electron chi connectivity index (χ0n) is 11.5. The molecule has 4 nitrogen and oxygen atoms in total. The van der Waals surface area contributed by atoms with Gasteiger partial charge in [0.05, 0.1) is 26.7 Å². The van der Waals surface area contributed by atoms with Gasteiger partial charge in [0.1, 0.15) is 17.2 Å². The van der Waals surface area contributed by atoms with Gasteiger partial charge < -0.3 is 19.9 Å². The number of hydrogen-bond donors (Lipinski definition) is 1. The standard InChI is InChI=1S/C15H19NO3/c1-17-12-6-4-5-11-13(18-2)9-10(7-8-16)15(19-3)14(11)12/h4-6,9H,7-8,16H2,1-3H3. The SMILES string of the molecule is COc1cc(CCN)c(OC)c2c(OC)cccc12. The van der Waals surface area contributed by atoms with Gasteiger partial charge in [-0.2, -0.15) is 0 Å². The summed E-state index contributed by atoms with van der Waals surface area (Å²) >= 11 is 0. The minimum Gasteiger partial charge on any atom is -0.496 e. The molecule has 2 rings (SSSR count). The van der Waals surface area contributed by atoms with Crippen molar-refractivity contribution in [2.24, 2.45) is 5.73 Å². The Morgan fingerprint density at radius 1 is 1.00 bits per heavy atom. The molecule has 0 aliphatic carbocycles. The third-order valence-corrected chi connectivity index (χ3v) is 3.17. The largest absolute Gasteiger partial charge is 0.496 e. The van der Waals surface area contributed by atoms with Crippen LogP contribution in [0, 0.1) is 0 Å². The molecule has 0 heterocycles. The molecular weight excluding hydrogens is 242 g/mol.